The third-order valence-corrected chi connectivity index (χ3v) is 3.59. The Morgan fingerprint density at radius 3 is 2.75 bits per heavy atom. The Labute approximate surface area is 98.7 Å². The third-order valence-electron chi connectivity index (χ3n) is 3.59. The molecule has 0 aromatic rings. The largest absolute Gasteiger partial charge is 0.339 e. The van der Waals surface area contributed by atoms with E-state index in [-0.39, 0.29) is 5.91 Å². The van der Waals surface area contributed by atoms with E-state index in [0.717, 1.165) is 24.8 Å². The number of hydrogen-bond acceptors (Lipinski definition) is 2. The number of likely N-dealkylation sites (N-methyl/N-ethyl adjacent to an activating group) is 1. The van der Waals surface area contributed by atoms with Crippen LogP contribution in [0.5, 0.6) is 0 Å². The van der Waals surface area contributed by atoms with E-state index < -0.39 is 0 Å². The Morgan fingerprint density at radius 2 is 2.19 bits per heavy atom. The van der Waals surface area contributed by atoms with Crippen LogP contribution in [0.2, 0.25) is 0 Å². The predicted octanol–water partition coefficient (Wildman–Crippen LogP) is 1.93. The number of hydrogen-bond donors (Lipinski definition) is 1. The summed E-state index contributed by atoms with van der Waals surface area (Å²) in [6.45, 7) is 4.64. The van der Waals surface area contributed by atoms with Gasteiger partial charge in [-0.15, -0.1) is 0 Å². The molecule has 0 aromatic heterocycles. The van der Waals surface area contributed by atoms with Crippen LogP contribution in [-0.2, 0) is 4.79 Å². The summed E-state index contributed by atoms with van der Waals surface area (Å²) in [5.74, 6) is 0.649. The standard InChI is InChI=1S/C13H24N2O/c1-4-6-10(2)13(16)15(3)12-8-5-7-11(12)9-14/h6,11-12H,4-5,7-9,14H2,1-3H3. The number of carbonyl (C=O) groups excluding carboxylic acids is 1. The van der Waals surface area contributed by atoms with Gasteiger partial charge in [-0.2, -0.15) is 0 Å². The zero-order chi connectivity index (χ0) is 12.1. The van der Waals surface area contributed by atoms with E-state index >= 15 is 0 Å². The highest BCUT2D eigenvalue weighted by Crippen LogP contribution is 2.29. The van der Waals surface area contributed by atoms with Gasteiger partial charge in [0.2, 0.25) is 5.91 Å². The van der Waals surface area contributed by atoms with Gasteiger partial charge in [0.25, 0.3) is 0 Å². The molecule has 1 saturated carbocycles. The van der Waals surface area contributed by atoms with Gasteiger partial charge in [0, 0.05) is 18.7 Å². The molecule has 2 unspecified atom stereocenters. The molecule has 2 N–H and O–H groups in total. The van der Waals surface area contributed by atoms with Crippen LogP contribution in [0, 0.1) is 5.92 Å². The number of carbonyl (C=O) groups is 1. The predicted molar refractivity (Wildman–Crippen MR) is 67.0 cm³/mol. The van der Waals surface area contributed by atoms with Crippen molar-refractivity contribution in [1.82, 2.24) is 4.90 Å². The van der Waals surface area contributed by atoms with Crippen molar-refractivity contribution in [1.29, 1.82) is 0 Å². The molecule has 0 aromatic carbocycles. The van der Waals surface area contributed by atoms with Gasteiger partial charge in [0.15, 0.2) is 0 Å². The quantitative estimate of drug-likeness (QED) is 0.742. The SMILES string of the molecule is CCC=C(C)C(=O)N(C)C1CCCC1CN. The van der Waals surface area contributed by atoms with E-state index in [0.29, 0.717) is 18.5 Å². The minimum atomic E-state index is 0.159. The lowest BCUT2D eigenvalue weighted by molar-refractivity contribution is -0.128. The summed E-state index contributed by atoms with van der Waals surface area (Å²) in [5, 5.41) is 0. The van der Waals surface area contributed by atoms with Crippen molar-refractivity contribution in [3.8, 4) is 0 Å². The molecule has 0 heterocycles. The van der Waals surface area contributed by atoms with E-state index in [9.17, 15) is 4.79 Å². The third kappa shape index (κ3) is 2.85. The van der Waals surface area contributed by atoms with Crippen LogP contribution in [0.3, 0.4) is 0 Å². The van der Waals surface area contributed by atoms with Crippen molar-refractivity contribution >= 4 is 5.91 Å². The second kappa shape index (κ2) is 6.04. The van der Waals surface area contributed by atoms with Crippen LogP contribution in [0.4, 0.5) is 0 Å². The molecule has 0 aliphatic heterocycles. The molecule has 1 aliphatic rings. The first-order valence-corrected chi connectivity index (χ1v) is 6.25. The number of amides is 1. The second-order valence-corrected chi connectivity index (χ2v) is 4.71. The van der Waals surface area contributed by atoms with Gasteiger partial charge >= 0.3 is 0 Å². The highest BCUT2D eigenvalue weighted by Gasteiger charge is 2.31. The minimum absolute atomic E-state index is 0.159. The number of nitrogens with zero attached hydrogens (tertiary/aromatic N) is 1. The maximum absolute atomic E-state index is 12.1. The Morgan fingerprint density at radius 1 is 1.50 bits per heavy atom. The van der Waals surface area contributed by atoms with Crippen LogP contribution in [0.1, 0.15) is 39.5 Å². The fraction of sp³-hybridized carbons (Fsp3) is 0.769. The molecule has 1 rings (SSSR count). The minimum Gasteiger partial charge on any atom is -0.339 e. The molecular formula is C13H24N2O. The van der Waals surface area contributed by atoms with Crippen molar-refractivity contribution in [2.75, 3.05) is 13.6 Å². The van der Waals surface area contributed by atoms with Crippen molar-refractivity contribution in [2.45, 2.75) is 45.6 Å². The van der Waals surface area contributed by atoms with Gasteiger partial charge < -0.3 is 10.6 Å². The topological polar surface area (TPSA) is 46.3 Å². The van der Waals surface area contributed by atoms with Crippen LogP contribution in [-0.4, -0.2) is 30.4 Å². The molecule has 2 atom stereocenters. The number of nitrogens with two attached hydrogens (primary N) is 1. The first-order valence-electron chi connectivity index (χ1n) is 6.25. The molecule has 0 bridgehead atoms. The zero-order valence-electron chi connectivity index (χ0n) is 10.7. The first kappa shape index (κ1) is 13.2. The average molecular weight is 224 g/mol. The fourth-order valence-electron chi connectivity index (χ4n) is 2.62. The molecule has 16 heavy (non-hydrogen) atoms. The van der Waals surface area contributed by atoms with Gasteiger partial charge in [0.1, 0.15) is 0 Å². The summed E-state index contributed by atoms with van der Waals surface area (Å²) in [7, 11) is 1.91. The van der Waals surface area contributed by atoms with E-state index in [2.05, 4.69) is 6.92 Å². The van der Waals surface area contributed by atoms with Crippen LogP contribution >= 0.6 is 0 Å². The highest BCUT2D eigenvalue weighted by molar-refractivity contribution is 5.92. The maximum atomic E-state index is 12.1. The fourth-order valence-corrected chi connectivity index (χ4v) is 2.62. The van der Waals surface area contributed by atoms with Gasteiger partial charge in [-0.05, 0) is 38.6 Å². The second-order valence-electron chi connectivity index (χ2n) is 4.71. The lowest BCUT2D eigenvalue weighted by Gasteiger charge is -2.29. The summed E-state index contributed by atoms with van der Waals surface area (Å²) in [6.07, 6.45) is 6.36. The van der Waals surface area contributed by atoms with Crippen molar-refractivity contribution < 1.29 is 4.79 Å². The van der Waals surface area contributed by atoms with E-state index in [4.69, 9.17) is 5.73 Å². The van der Waals surface area contributed by atoms with Crippen LogP contribution in [0.25, 0.3) is 0 Å². The Kier molecular flexibility index (Phi) is 5.00. The molecule has 3 nitrogen and oxygen atoms in total. The normalized spacial score (nSPS) is 25.9. The summed E-state index contributed by atoms with van der Waals surface area (Å²) >= 11 is 0. The lowest BCUT2D eigenvalue weighted by atomic mass is 10.0. The molecule has 1 amide bonds. The Bertz CT molecular complexity index is 273. The van der Waals surface area contributed by atoms with Crippen LogP contribution in [0.15, 0.2) is 11.6 Å². The molecule has 1 fully saturated rings. The van der Waals surface area contributed by atoms with Gasteiger partial charge in [-0.1, -0.05) is 19.4 Å². The summed E-state index contributed by atoms with van der Waals surface area (Å²) in [6, 6.07) is 0.345. The molecule has 0 radical (unpaired) electrons. The smallest absolute Gasteiger partial charge is 0.249 e. The Hall–Kier alpha value is -0.830. The first-order chi connectivity index (χ1) is 7.61. The number of rotatable bonds is 4. The van der Waals surface area contributed by atoms with Crippen LogP contribution < -0.4 is 5.73 Å². The summed E-state index contributed by atoms with van der Waals surface area (Å²) in [5.41, 5.74) is 6.60. The zero-order valence-corrected chi connectivity index (χ0v) is 10.7. The summed E-state index contributed by atoms with van der Waals surface area (Å²) in [4.78, 5) is 14.0. The molecule has 0 spiro atoms. The van der Waals surface area contributed by atoms with Crippen molar-refractivity contribution in [2.24, 2.45) is 11.7 Å². The van der Waals surface area contributed by atoms with E-state index in [1.54, 1.807) is 0 Å². The highest BCUT2D eigenvalue weighted by atomic mass is 16.2. The average Bonchev–Trinajstić information content (AvgIpc) is 2.75. The van der Waals surface area contributed by atoms with E-state index in [1.165, 1.54) is 6.42 Å². The molecule has 1 aliphatic carbocycles. The summed E-state index contributed by atoms with van der Waals surface area (Å²) < 4.78 is 0. The molecule has 3 heteroatoms. The van der Waals surface area contributed by atoms with Crippen molar-refractivity contribution in [3.63, 3.8) is 0 Å². The van der Waals surface area contributed by atoms with Gasteiger partial charge in [-0.3, -0.25) is 4.79 Å². The van der Waals surface area contributed by atoms with Gasteiger partial charge in [-0.25, -0.2) is 0 Å². The Balaban J connectivity index is 2.66. The molecule has 0 saturated heterocycles. The molecular weight excluding hydrogens is 200 g/mol. The monoisotopic (exact) mass is 224 g/mol. The van der Waals surface area contributed by atoms with Gasteiger partial charge in [0.05, 0.1) is 0 Å². The van der Waals surface area contributed by atoms with E-state index in [1.807, 2.05) is 24.9 Å². The van der Waals surface area contributed by atoms with Crippen molar-refractivity contribution in [3.05, 3.63) is 11.6 Å². The molecule has 92 valence electrons. The lowest BCUT2D eigenvalue weighted by Crippen LogP contribution is -2.41. The number of allylic oxidation sites excluding steroid dienone is 1. The maximum Gasteiger partial charge on any atom is 0.249 e.